The third-order valence-electron chi connectivity index (χ3n) is 19.6. The molecule has 6 aromatic heterocycles. The maximum absolute atomic E-state index is 6.43. The quantitative estimate of drug-likeness (QED) is 0.141. The lowest BCUT2D eigenvalue weighted by Gasteiger charge is -2.09. The summed E-state index contributed by atoms with van der Waals surface area (Å²) in [6, 6.07) is 116. The molecule has 0 atom stereocenters. The Hall–Kier alpha value is -12.5. The zero-order chi connectivity index (χ0) is 66.5. The number of hydrogen-bond donors (Lipinski definition) is 3. The van der Waals surface area contributed by atoms with Gasteiger partial charge in [-0.3, -0.25) is 0 Å². The second-order valence-electron chi connectivity index (χ2n) is 25.6. The molecule has 0 spiro atoms. The van der Waals surface area contributed by atoms with Crippen molar-refractivity contribution in [1.82, 2.24) is 0 Å². The fourth-order valence-electron chi connectivity index (χ4n) is 14.7. The van der Waals surface area contributed by atoms with Crippen LogP contribution in [0.1, 0.15) is 0 Å². The van der Waals surface area contributed by atoms with E-state index in [1.54, 1.807) is 0 Å². The fraction of sp³-hybridized carbons (Fsp3) is 0. The number of rotatable bonds is 8. The van der Waals surface area contributed by atoms with Crippen molar-refractivity contribution in [2.75, 3.05) is 16.0 Å². The number of furan rings is 3. The Morgan fingerprint density at radius 3 is 1.41 bits per heavy atom. The van der Waals surface area contributed by atoms with E-state index < -0.39 is 0 Å². The van der Waals surface area contributed by atoms with E-state index in [0.29, 0.717) is 0 Å². The van der Waals surface area contributed by atoms with Crippen LogP contribution < -0.4 is 16.0 Å². The first-order valence-corrected chi connectivity index (χ1v) is 36.3. The highest BCUT2D eigenvalue weighted by molar-refractivity contribution is 7.27. The van der Waals surface area contributed by atoms with Gasteiger partial charge >= 0.3 is 0 Å². The van der Waals surface area contributed by atoms with Gasteiger partial charge in [0.2, 0.25) is 0 Å². The van der Waals surface area contributed by atoms with Crippen LogP contribution in [0.4, 0.5) is 34.1 Å². The number of hydrogen-bond acceptors (Lipinski definition) is 9. The highest BCUT2D eigenvalue weighted by Gasteiger charge is 2.18. The number of benzene rings is 16. The molecule has 0 aliphatic rings. The minimum absolute atomic E-state index is 0.891. The molecule has 0 aliphatic heterocycles. The normalized spacial score (nSPS) is 11.8. The molecule has 0 saturated carbocycles. The number of anilines is 6. The smallest absolute Gasteiger partial charge is 0.158 e. The summed E-state index contributed by atoms with van der Waals surface area (Å²) >= 11 is 5.54. The molecule has 0 unspecified atom stereocenters. The Morgan fingerprint density at radius 2 is 0.663 bits per heavy atom. The summed E-state index contributed by atoms with van der Waals surface area (Å²) in [5.74, 6) is 0. The molecule has 6 nitrogen and oxygen atoms in total. The van der Waals surface area contributed by atoms with Crippen LogP contribution in [-0.4, -0.2) is 0 Å². The summed E-state index contributed by atoms with van der Waals surface area (Å²) in [5.41, 5.74) is 16.6. The van der Waals surface area contributed by atoms with Gasteiger partial charge in [0, 0.05) is 105 Å². The summed E-state index contributed by atoms with van der Waals surface area (Å²) in [6.07, 6.45) is 0. The summed E-state index contributed by atoms with van der Waals surface area (Å²) in [5, 5.41) is 30.6. The molecule has 6 heterocycles. The number of nitrogens with one attached hydrogen (secondary N) is 3. The molecule has 22 aromatic rings. The van der Waals surface area contributed by atoms with Gasteiger partial charge in [-0.2, -0.15) is 0 Å². The predicted molar refractivity (Wildman–Crippen MR) is 435 cm³/mol. The molecule has 476 valence electrons. The predicted octanol–water partition coefficient (Wildman–Crippen LogP) is 28.7. The average molecular weight is 1350 g/mol. The largest absolute Gasteiger partial charge is 0.456 e. The Labute approximate surface area is 590 Å². The molecule has 16 aromatic carbocycles. The van der Waals surface area contributed by atoms with Gasteiger partial charge in [0.1, 0.15) is 22.3 Å². The lowest BCUT2D eigenvalue weighted by atomic mass is 10.0. The van der Waals surface area contributed by atoms with E-state index in [1.807, 2.05) is 64.3 Å². The van der Waals surface area contributed by atoms with E-state index in [1.165, 1.54) is 110 Å². The number of para-hydroxylation sites is 4. The van der Waals surface area contributed by atoms with Crippen molar-refractivity contribution in [3.8, 4) is 22.3 Å². The van der Waals surface area contributed by atoms with E-state index in [4.69, 9.17) is 13.3 Å². The molecule has 0 amide bonds. The van der Waals surface area contributed by atoms with Crippen LogP contribution in [0.25, 0.3) is 170 Å². The second kappa shape index (κ2) is 24.2. The molecule has 0 aliphatic carbocycles. The molecular weight excluding hydrogens is 1290 g/mol. The third-order valence-corrected chi connectivity index (χ3v) is 23.2. The first kappa shape index (κ1) is 58.6. The van der Waals surface area contributed by atoms with Gasteiger partial charge in [-0.25, -0.2) is 0 Å². The van der Waals surface area contributed by atoms with Crippen LogP contribution in [0.3, 0.4) is 0 Å². The minimum atomic E-state index is 0.891. The molecule has 9 heteroatoms. The van der Waals surface area contributed by atoms with Gasteiger partial charge < -0.3 is 29.2 Å². The Kier molecular flexibility index (Phi) is 14.0. The third kappa shape index (κ3) is 10.4. The topological polar surface area (TPSA) is 75.5 Å². The van der Waals surface area contributed by atoms with Gasteiger partial charge in [-0.05, 0) is 153 Å². The summed E-state index contributed by atoms with van der Waals surface area (Å²) in [4.78, 5) is 0. The van der Waals surface area contributed by atoms with Crippen LogP contribution in [0.5, 0.6) is 0 Å². The highest BCUT2D eigenvalue weighted by Crippen LogP contribution is 2.46. The molecule has 22 rings (SSSR count). The molecule has 0 saturated heterocycles. The maximum Gasteiger partial charge on any atom is 0.158 e. The second-order valence-corrected chi connectivity index (χ2v) is 28.8. The molecule has 3 N–H and O–H groups in total. The van der Waals surface area contributed by atoms with E-state index in [2.05, 4.69) is 313 Å². The molecule has 0 bridgehead atoms. The van der Waals surface area contributed by atoms with Gasteiger partial charge in [0.25, 0.3) is 0 Å². The summed E-state index contributed by atoms with van der Waals surface area (Å²) in [6.45, 7) is 0. The lowest BCUT2D eigenvalue weighted by molar-refractivity contribution is 0.669. The van der Waals surface area contributed by atoms with Gasteiger partial charge in [0.05, 0.1) is 21.8 Å². The first-order valence-electron chi connectivity index (χ1n) is 33.8. The van der Waals surface area contributed by atoms with E-state index in [9.17, 15) is 0 Å². The maximum atomic E-state index is 6.43. The molecular formula is C92H57N3O3S3. The van der Waals surface area contributed by atoms with Crippen LogP contribution in [0, 0.1) is 0 Å². The molecule has 101 heavy (non-hydrogen) atoms. The van der Waals surface area contributed by atoms with Gasteiger partial charge in [-0.15, -0.1) is 34.0 Å². The van der Waals surface area contributed by atoms with Gasteiger partial charge in [0.15, 0.2) is 11.2 Å². The zero-order valence-corrected chi connectivity index (χ0v) is 56.6. The van der Waals surface area contributed by atoms with Crippen LogP contribution in [-0.2, 0) is 0 Å². The van der Waals surface area contributed by atoms with E-state index >= 15 is 0 Å². The highest BCUT2D eigenvalue weighted by atomic mass is 32.1. The van der Waals surface area contributed by atoms with Crippen LogP contribution in [0.2, 0.25) is 0 Å². The lowest BCUT2D eigenvalue weighted by Crippen LogP contribution is -1.90. The van der Waals surface area contributed by atoms with Crippen molar-refractivity contribution >= 4 is 216 Å². The minimum Gasteiger partial charge on any atom is -0.456 e. The molecule has 0 radical (unpaired) electrons. The van der Waals surface area contributed by atoms with E-state index in [-0.39, 0.29) is 0 Å². The van der Waals surface area contributed by atoms with Crippen LogP contribution in [0.15, 0.2) is 341 Å². The molecule has 0 fully saturated rings. The van der Waals surface area contributed by atoms with Crippen LogP contribution >= 0.6 is 34.0 Å². The summed E-state index contributed by atoms with van der Waals surface area (Å²) in [7, 11) is 0. The van der Waals surface area contributed by atoms with Crippen molar-refractivity contribution in [3.05, 3.63) is 328 Å². The average Bonchev–Trinajstić information content (AvgIpc) is 1.60. The summed E-state index contributed by atoms with van der Waals surface area (Å²) < 4.78 is 26.4. The van der Waals surface area contributed by atoms with Crippen molar-refractivity contribution in [2.24, 2.45) is 0 Å². The zero-order valence-electron chi connectivity index (χ0n) is 54.1. The Balaban J connectivity index is 0.000000103. The van der Waals surface area contributed by atoms with E-state index in [0.717, 1.165) is 94.6 Å². The number of thiophene rings is 3. The first-order chi connectivity index (χ1) is 50.0. The Bertz CT molecular complexity index is 6840. The number of fused-ring (bicyclic) bond motifs is 22. The van der Waals surface area contributed by atoms with Crippen molar-refractivity contribution in [2.45, 2.75) is 0 Å². The fourth-order valence-corrected chi connectivity index (χ4v) is 18.2. The monoisotopic (exact) mass is 1350 g/mol. The standard InChI is InChI=1S/C36H23NOS.C32H19NOS.C24H15NOS/c1-3-7-33-29(5-1)31-21-25(13-19-34(31)38-33)23-9-15-27(16-10-23)37-28-17-11-24(12-18-28)26-14-20-36-32(22-26)30-6-2-4-8-35(30)39-36;1-3-9-21-19(7-1)16-18-28-29(21)25-12-6-13-26(30(25)34-28)33-27-14-5-11-23-24-17-15-20-8-2-4-10-22(20)31(24)35-32(23)27;1-3-10-21-16(6-1)19-8-5-9-20(24(19)26-21)25-15-12-13-18-17-7-2-4-11-22(17)27-23(18)14-15/h1-22,37H;1-18,33H;1-14,25H. The SMILES string of the molecule is c1ccc2c(c1)ccc1c3cccc(Nc4cccc5c4oc4ccc6ccccc6c45)c3sc21.c1ccc2c(c1)oc1c(Nc3ccc4c(c3)sc3ccccc34)cccc12.c1ccc2c(c1)oc1ccc(-c3ccc(Nc4ccc(-c5ccc6sc7ccccc7c6c5)cc4)cc3)cc12. The van der Waals surface area contributed by atoms with Crippen molar-refractivity contribution in [3.63, 3.8) is 0 Å². The van der Waals surface area contributed by atoms with Crippen molar-refractivity contribution < 1.29 is 13.3 Å². The van der Waals surface area contributed by atoms with Gasteiger partial charge in [-0.1, -0.05) is 218 Å². The Morgan fingerprint density at radius 1 is 0.208 bits per heavy atom. The van der Waals surface area contributed by atoms with Crippen molar-refractivity contribution in [1.29, 1.82) is 0 Å².